The molecule has 0 saturated carbocycles. The summed E-state index contributed by atoms with van der Waals surface area (Å²) in [6.45, 7) is 6.62. The van der Waals surface area contributed by atoms with Crippen molar-refractivity contribution in [3.63, 3.8) is 0 Å². The fourth-order valence-electron chi connectivity index (χ4n) is 0.695. The fraction of sp³-hybridized carbons (Fsp3) is 0.625. The summed E-state index contributed by atoms with van der Waals surface area (Å²) in [4.78, 5) is 10.9. The highest BCUT2D eigenvalue weighted by Crippen LogP contribution is 2.12. The van der Waals surface area contributed by atoms with Crippen LogP contribution < -0.4 is 0 Å². The normalized spacial score (nSPS) is 10.7. The molecule has 0 radical (unpaired) electrons. The first-order chi connectivity index (χ1) is 4.95. The molecular weight excluding hydrogens is 150 g/mol. The van der Waals surface area contributed by atoms with Crippen LogP contribution in [0.4, 0.5) is 8.78 Å². The van der Waals surface area contributed by atoms with Crippen molar-refractivity contribution in [1.29, 1.82) is 0 Å². The van der Waals surface area contributed by atoms with Crippen LogP contribution in [0.3, 0.4) is 0 Å². The second-order valence-electron chi connectivity index (χ2n) is 2.72. The zero-order valence-corrected chi connectivity index (χ0v) is 6.73. The summed E-state index contributed by atoms with van der Waals surface area (Å²) in [7, 11) is 0. The third-order valence-corrected chi connectivity index (χ3v) is 1.27. The molecule has 0 rings (SSSR count). The molecule has 0 saturated heterocycles. The van der Waals surface area contributed by atoms with Crippen molar-refractivity contribution in [3.8, 4) is 0 Å². The molecule has 0 aliphatic heterocycles. The third kappa shape index (κ3) is 3.86. The predicted molar refractivity (Wildman–Crippen MR) is 39.6 cm³/mol. The summed E-state index contributed by atoms with van der Waals surface area (Å²) in [6, 6.07) is 0. The Morgan fingerprint density at radius 3 is 2.18 bits per heavy atom. The molecule has 0 atom stereocenters. The Bertz CT molecular complexity index is 161. The summed E-state index contributed by atoms with van der Waals surface area (Å²) in [5, 5.41) is 0. The van der Waals surface area contributed by atoms with Crippen LogP contribution in [-0.2, 0) is 4.79 Å². The summed E-state index contributed by atoms with van der Waals surface area (Å²) in [6.07, 6.45) is -2.97. The van der Waals surface area contributed by atoms with Gasteiger partial charge in [0, 0.05) is 12.3 Å². The molecule has 0 bridgehead atoms. The zero-order chi connectivity index (χ0) is 9.02. The highest BCUT2D eigenvalue weighted by Gasteiger charge is 2.15. The molecule has 0 aliphatic rings. The largest absolute Gasteiger partial charge is 0.294 e. The number of hydrogen-bond acceptors (Lipinski definition) is 1. The topological polar surface area (TPSA) is 17.1 Å². The van der Waals surface area contributed by atoms with Crippen LogP contribution in [0.25, 0.3) is 0 Å². The lowest BCUT2D eigenvalue weighted by atomic mass is 10.0. The van der Waals surface area contributed by atoms with E-state index in [-0.39, 0.29) is 17.3 Å². The van der Waals surface area contributed by atoms with E-state index in [1.54, 1.807) is 13.8 Å². The second-order valence-corrected chi connectivity index (χ2v) is 2.72. The van der Waals surface area contributed by atoms with E-state index in [2.05, 4.69) is 6.58 Å². The number of hydrogen-bond donors (Lipinski definition) is 0. The highest BCUT2D eigenvalue weighted by atomic mass is 19.3. The molecule has 0 N–H and O–H groups in total. The molecule has 0 fully saturated rings. The minimum atomic E-state index is -2.47. The van der Waals surface area contributed by atoms with Crippen molar-refractivity contribution in [2.24, 2.45) is 5.92 Å². The lowest BCUT2D eigenvalue weighted by Crippen LogP contribution is -2.11. The van der Waals surface area contributed by atoms with Crippen molar-refractivity contribution in [2.45, 2.75) is 26.7 Å². The molecule has 64 valence electrons. The van der Waals surface area contributed by atoms with Gasteiger partial charge in [-0.05, 0) is 5.57 Å². The molecule has 0 aromatic carbocycles. The molecule has 11 heavy (non-hydrogen) atoms. The Morgan fingerprint density at radius 2 is 1.91 bits per heavy atom. The van der Waals surface area contributed by atoms with Crippen molar-refractivity contribution in [1.82, 2.24) is 0 Å². The molecule has 0 aromatic rings. The molecule has 1 nitrogen and oxygen atoms in total. The zero-order valence-electron chi connectivity index (χ0n) is 6.73. The molecule has 0 unspecified atom stereocenters. The van der Waals surface area contributed by atoms with Gasteiger partial charge in [0.1, 0.15) is 0 Å². The van der Waals surface area contributed by atoms with Gasteiger partial charge in [-0.3, -0.25) is 4.79 Å². The van der Waals surface area contributed by atoms with Gasteiger partial charge in [-0.1, -0.05) is 20.4 Å². The predicted octanol–water partition coefficient (Wildman–Crippen LogP) is 2.42. The van der Waals surface area contributed by atoms with E-state index >= 15 is 0 Å². The number of allylic oxidation sites excluding steroid dienone is 1. The maximum absolute atomic E-state index is 11.7. The van der Waals surface area contributed by atoms with Crippen LogP contribution in [-0.4, -0.2) is 12.2 Å². The van der Waals surface area contributed by atoms with Gasteiger partial charge >= 0.3 is 0 Å². The summed E-state index contributed by atoms with van der Waals surface area (Å²) >= 11 is 0. The standard InChI is InChI=1S/C8H12F2O/c1-5(2)8(11)6(3)4-7(9)10/h5,7H,3-4H2,1-2H3. The Kier molecular flexibility index (Phi) is 3.93. The number of Topliss-reactive ketones (excluding diaryl/α,β-unsaturated/α-hetero) is 1. The third-order valence-electron chi connectivity index (χ3n) is 1.27. The van der Waals surface area contributed by atoms with E-state index in [1.165, 1.54) is 0 Å². The Morgan fingerprint density at radius 1 is 1.45 bits per heavy atom. The first-order valence-corrected chi connectivity index (χ1v) is 3.45. The average molecular weight is 162 g/mol. The summed E-state index contributed by atoms with van der Waals surface area (Å²) < 4.78 is 23.4. The summed E-state index contributed by atoms with van der Waals surface area (Å²) in [5.41, 5.74) is 0.0231. The molecular formula is C8H12F2O. The average Bonchev–Trinajstić information content (AvgIpc) is 1.84. The van der Waals surface area contributed by atoms with Crippen LogP contribution >= 0.6 is 0 Å². The van der Waals surface area contributed by atoms with E-state index in [1.807, 2.05) is 0 Å². The highest BCUT2D eigenvalue weighted by molar-refractivity contribution is 5.96. The van der Waals surface area contributed by atoms with E-state index in [9.17, 15) is 13.6 Å². The van der Waals surface area contributed by atoms with Gasteiger partial charge in [0.25, 0.3) is 0 Å². The number of ketones is 1. The molecule has 0 aliphatic carbocycles. The maximum Gasteiger partial charge on any atom is 0.242 e. The summed E-state index contributed by atoms with van der Waals surface area (Å²) in [5.74, 6) is -0.508. The lowest BCUT2D eigenvalue weighted by molar-refractivity contribution is -0.118. The molecule has 0 aromatic heterocycles. The Hall–Kier alpha value is -0.730. The quantitative estimate of drug-likeness (QED) is 0.580. The molecule has 0 amide bonds. The van der Waals surface area contributed by atoms with Crippen LogP contribution in [0.15, 0.2) is 12.2 Å². The van der Waals surface area contributed by atoms with Gasteiger partial charge in [0.2, 0.25) is 6.43 Å². The van der Waals surface area contributed by atoms with Crippen molar-refractivity contribution < 1.29 is 13.6 Å². The van der Waals surface area contributed by atoms with Crippen LogP contribution in [0.2, 0.25) is 0 Å². The number of carbonyl (C=O) groups is 1. The van der Waals surface area contributed by atoms with Gasteiger partial charge in [0.15, 0.2) is 5.78 Å². The fourth-order valence-corrected chi connectivity index (χ4v) is 0.695. The minimum absolute atomic E-state index is 0.0231. The van der Waals surface area contributed by atoms with Crippen LogP contribution in [0, 0.1) is 5.92 Å². The van der Waals surface area contributed by atoms with E-state index in [0.717, 1.165) is 0 Å². The minimum Gasteiger partial charge on any atom is -0.294 e. The number of carbonyl (C=O) groups excluding carboxylic acids is 1. The Balaban J connectivity index is 3.94. The first-order valence-electron chi connectivity index (χ1n) is 3.45. The van der Waals surface area contributed by atoms with Crippen molar-refractivity contribution in [3.05, 3.63) is 12.2 Å². The maximum atomic E-state index is 11.7. The molecule has 3 heteroatoms. The molecule has 0 heterocycles. The first kappa shape index (κ1) is 10.3. The van der Waals surface area contributed by atoms with Gasteiger partial charge in [0.05, 0.1) is 0 Å². The SMILES string of the molecule is C=C(CC(F)F)C(=O)C(C)C. The Labute approximate surface area is 65.1 Å². The lowest BCUT2D eigenvalue weighted by Gasteiger charge is -2.05. The van der Waals surface area contributed by atoms with Gasteiger partial charge in [-0.15, -0.1) is 0 Å². The number of rotatable bonds is 4. The number of halogens is 2. The monoisotopic (exact) mass is 162 g/mol. The number of alkyl halides is 2. The van der Waals surface area contributed by atoms with Gasteiger partial charge in [-0.25, -0.2) is 8.78 Å². The van der Waals surface area contributed by atoms with Gasteiger partial charge < -0.3 is 0 Å². The van der Waals surface area contributed by atoms with Gasteiger partial charge in [-0.2, -0.15) is 0 Å². The smallest absolute Gasteiger partial charge is 0.242 e. The van der Waals surface area contributed by atoms with E-state index < -0.39 is 12.8 Å². The van der Waals surface area contributed by atoms with Crippen LogP contribution in [0.5, 0.6) is 0 Å². The van der Waals surface area contributed by atoms with E-state index in [0.29, 0.717) is 0 Å². The van der Waals surface area contributed by atoms with E-state index in [4.69, 9.17) is 0 Å². The van der Waals surface area contributed by atoms with Crippen LogP contribution in [0.1, 0.15) is 20.3 Å². The second kappa shape index (κ2) is 4.21. The van der Waals surface area contributed by atoms with Crippen molar-refractivity contribution in [2.75, 3.05) is 0 Å². The van der Waals surface area contributed by atoms with Crippen molar-refractivity contribution >= 4 is 5.78 Å². The molecule has 0 spiro atoms.